The highest BCUT2D eigenvalue weighted by molar-refractivity contribution is 7.26. The summed E-state index contributed by atoms with van der Waals surface area (Å²) in [6, 6.07) is 76.7. The third kappa shape index (κ3) is 4.16. The van der Waals surface area contributed by atoms with E-state index in [-0.39, 0.29) is 0 Å². The number of hydrogen-bond acceptors (Lipinski definition) is 1. The van der Waals surface area contributed by atoms with Gasteiger partial charge in [0.1, 0.15) is 0 Å². The van der Waals surface area contributed by atoms with Gasteiger partial charge in [0.05, 0.1) is 32.2 Å². The number of fused-ring (bicyclic) bond motifs is 13. The molecule has 12 aromatic rings. The maximum absolute atomic E-state index is 2.51. The molecule has 0 spiro atoms. The Kier molecular flexibility index (Phi) is 6.56. The van der Waals surface area contributed by atoms with Gasteiger partial charge < -0.3 is 9.13 Å². The van der Waals surface area contributed by atoms with Gasteiger partial charge in [0.15, 0.2) is 0 Å². The second kappa shape index (κ2) is 11.9. The first kappa shape index (κ1) is 31.9. The molecule has 1 aliphatic rings. The summed E-state index contributed by atoms with van der Waals surface area (Å²) < 4.78 is 7.66. The standard InChI is InChI=1S/C55H34N2S/c1-3-16-35(17-4-1)55(47-26-11-7-22-39(47)40-23-8-12-27-48(40)55)36-18-15-21-38(32-36)56-49-28-13-9-24-41(49)45-33-46-43-30-31-44-42-25-10-14-29-52(42)58-54(44)53(43)57(51(46)34-50(45)56)37-19-5-2-6-20-37/h1-34H. The molecule has 0 saturated heterocycles. The van der Waals surface area contributed by atoms with Crippen LogP contribution in [-0.2, 0) is 5.41 Å². The number of aromatic nitrogens is 2. The van der Waals surface area contributed by atoms with Gasteiger partial charge in [0, 0.05) is 48.4 Å². The van der Waals surface area contributed by atoms with E-state index in [1.165, 1.54) is 103 Å². The SMILES string of the molecule is c1ccc(-n2c3cc4c(cc3c3ccc5c6ccccc6sc5c32)c2ccccc2n4-c2cccc(C3(c4ccccc4)c4ccccc4-c4ccccc43)c2)cc1. The Morgan fingerprint density at radius 3 is 1.72 bits per heavy atom. The van der Waals surface area contributed by atoms with Crippen molar-refractivity contribution in [3.63, 3.8) is 0 Å². The molecule has 0 atom stereocenters. The molecule has 1 aliphatic carbocycles. The molecule has 2 nitrogen and oxygen atoms in total. The third-order valence-electron chi connectivity index (χ3n) is 12.8. The van der Waals surface area contributed by atoms with E-state index in [0.717, 1.165) is 5.69 Å². The van der Waals surface area contributed by atoms with Gasteiger partial charge in [-0.25, -0.2) is 0 Å². The lowest BCUT2D eigenvalue weighted by atomic mass is 9.67. The van der Waals surface area contributed by atoms with E-state index in [9.17, 15) is 0 Å². The summed E-state index contributed by atoms with van der Waals surface area (Å²) in [5.74, 6) is 0. The molecule has 0 bridgehead atoms. The van der Waals surface area contributed by atoms with Gasteiger partial charge in [0.2, 0.25) is 0 Å². The zero-order valence-corrected chi connectivity index (χ0v) is 32.2. The van der Waals surface area contributed by atoms with Crippen molar-refractivity contribution in [1.82, 2.24) is 9.13 Å². The zero-order valence-electron chi connectivity index (χ0n) is 31.4. The van der Waals surface area contributed by atoms with Crippen molar-refractivity contribution >= 4 is 75.1 Å². The van der Waals surface area contributed by atoms with Gasteiger partial charge in [-0.05, 0) is 81.9 Å². The molecule has 3 aromatic heterocycles. The summed E-state index contributed by atoms with van der Waals surface area (Å²) in [5.41, 5.74) is 14.5. The van der Waals surface area contributed by atoms with E-state index >= 15 is 0 Å². The average Bonchev–Trinajstić information content (AvgIpc) is 4.02. The van der Waals surface area contributed by atoms with Crippen LogP contribution in [0, 0.1) is 0 Å². The molecule has 0 radical (unpaired) electrons. The molecule has 0 fully saturated rings. The van der Waals surface area contributed by atoms with Crippen molar-refractivity contribution in [2.24, 2.45) is 0 Å². The highest BCUT2D eigenvalue weighted by Gasteiger charge is 2.46. The Hall–Kier alpha value is -7.20. The van der Waals surface area contributed by atoms with Crippen molar-refractivity contribution < 1.29 is 0 Å². The van der Waals surface area contributed by atoms with Crippen LogP contribution in [0.4, 0.5) is 0 Å². The predicted molar refractivity (Wildman–Crippen MR) is 245 cm³/mol. The van der Waals surface area contributed by atoms with E-state index in [1.54, 1.807) is 0 Å². The first-order valence-electron chi connectivity index (χ1n) is 20.0. The van der Waals surface area contributed by atoms with Crippen LogP contribution < -0.4 is 0 Å². The molecular weight excluding hydrogens is 721 g/mol. The van der Waals surface area contributed by atoms with Crippen LogP contribution in [-0.4, -0.2) is 9.13 Å². The van der Waals surface area contributed by atoms with Crippen molar-refractivity contribution in [2.75, 3.05) is 0 Å². The summed E-state index contributed by atoms with van der Waals surface area (Å²) in [6.07, 6.45) is 0. The van der Waals surface area contributed by atoms with Crippen LogP contribution in [0.15, 0.2) is 206 Å². The Morgan fingerprint density at radius 1 is 0.345 bits per heavy atom. The minimum absolute atomic E-state index is 0.480. The van der Waals surface area contributed by atoms with Crippen LogP contribution in [0.1, 0.15) is 22.3 Å². The average molecular weight is 755 g/mol. The Labute approximate surface area is 339 Å². The van der Waals surface area contributed by atoms with Crippen molar-refractivity contribution in [3.8, 4) is 22.5 Å². The fourth-order valence-electron chi connectivity index (χ4n) is 10.5. The Balaban J connectivity index is 1.14. The molecule has 0 saturated carbocycles. The highest BCUT2D eigenvalue weighted by Crippen LogP contribution is 2.56. The number of rotatable bonds is 4. The normalized spacial score (nSPS) is 13.3. The van der Waals surface area contributed by atoms with Gasteiger partial charge in [0.25, 0.3) is 0 Å². The molecule has 0 N–H and O–H groups in total. The summed E-state index contributed by atoms with van der Waals surface area (Å²) in [6.45, 7) is 0. The summed E-state index contributed by atoms with van der Waals surface area (Å²) >= 11 is 1.90. The molecule has 58 heavy (non-hydrogen) atoms. The van der Waals surface area contributed by atoms with Crippen LogP contribution in [0.2, 0.25) is 0 Å². The predicted octanol–water partition coefficient (Wildman–Crippen LogP) is 14.6. The molecular formula is C55H34N2S. The van der Waals surface area contributed by atoms with E-state index in [2.05, 4.69) is 215 Å². The fraction of sp³-hybridized carbons (Fsp3) is 0.0182. The minimum atomic E-state index is -0.480. The van der Waals surface area contributed by atoms with Crippen molar-refractivity contribution in [3.05, 3.63) is 229 Å². The summed E-state index contributed by atoms with van der Waals surface area (Å²) in [4.78, 5) is 0. The lowest BCUT2D eigenvalue weighted by molar-refractivity contribution is 0.767. The van der Waals surface area contributed by atoms with Crippen LogP contribution >= 0.6 is 11.3 Å². The summed E-state index contributed by atoms with van der Waals surface area (Å²) in [7, 11) is 0. The van der Waals surface area contributed by atoms with Crippen LogP contribution in [0.5, 0.6) is 0 Å². The van der Waals surface area contributed by atoms with Crippen molar-refractivity contribution in [1.29, 1.82) is 0 Å². The Morgan fingerprint density at radius 2 is 0.931 bits per heavy atom. The van der Waals surface area contributed by atoms with E-state index in [4.69, 9.17) is 0 Å². The number of benzene rings is 9. The van der Waals surface area contributed by atoms with Gasteiger partial charge in [-0.2, -0.15) is 0 Å². The lowest BCUT2D eigenvalue weighted by Gasteiger charge is -2.34. The zero-order chi connectivity index (χ0) is 38.0. The lowest BCUT2D eigenvalue weighted by Crippen LogP contribution is -2.28. The third-order valence-corrected chi connectivity index (χ3v) is 14.0. The topological polar surface area (TPSA) is 9.86 Å². The number of hydrogen-bond donors (Lipinski definition) is 0. The van der Waals surface area contributed by atoms with Gasteiger partial charge in [-0.3, -0.25) is 0 Å². The first-order chi connectivity index (χ1) is 28.8. The van der Waals surface area contributed by atoms with E-state index < -0.39 is 5.41 Å². The van der Waals surface area contributed by atoms with Crippen molar-refractivity contribution in [2.45, 2.75) is 5.41 Å². The highest BCUT2D eigenvalue weighted by atomic mass is 32.1. The largest absolute Gasteiger partial charge is 0.309 e. The van der Waals surface area contributed by atoms with E-state index in [1.807, 2.05) is 11.3 Å². The van der Waals surface area contributed by atoms with E-state index in [0.29, 0.717) is 0 Å². The molecule has 0 amide bonds. The van der Waals surface area contributed by atoms with Gasteiger partial charge >= 0.3 is 0 Å². The fourth-order valence-corrected chi connectivity index (χ4v) is 11.7. The number of nitrogens with zero attached hydrogens (tertiary/aromatic N) is 2. The maximum Gasteiger partial charge on any atom is 0.0719 e. The molecule has 9 aromatic carbocycles. The number of thiophene rings is 1. The minimum Gasteiger partial charge on any atom is -0.309 e. The molecule has 13 rings (SSSR count). The molecule has 3 heteroatoms. The van der Waals surface area contributed by atoms with Gasteiger partial charge in [-0.1, -0.05) is 158 Å². The smallest absolute Gasteiger partial charge is 0.0719 e. The molecule has 0 aliphatic heterocycles. The first-order valence-corrected chi connectivity index (χ1v) is 20.8. The second-order valence-corrected chi connectivity index (χ2v) is 16.7. The maximum atomic E-state index is 2.51. The van der Waals surface area contributed by atoms with Gasteiger partial charge in [-0.15, -0.1) is 11.3 Å². The van der Waals surface area contributed by atoms with Crippen LogP contribution in [0.3, 0.4) is 0 Å². The van der Waals surface area contributed by atoms with Crippen LogP contribution in [0.25, 0.3) is 86.3 Å². The molecule has 0 unspecified atom stereocenters. The molecule has 270 valence electrons. The Bertz CT molecular complexity index is 3580. The quantitative estimate of drug-likeness (QED) is 0.169. The second-order valence-electron chi connectivity index (χ2n) is 15.6. The monoisotopic (exact) mass is 754 g/mol. The molecule has 3 heterocycles. The number of para-hydroxylation sites is 2. The summed E-state index contributed by atoms with van der Waals surface area (Å²) in [5, 5.41) is 7.69.